The second-order valence-electron chi connectivity index (χ2n) is 12.0. The lowest BCUT2D eigenvalue weighted by Crippen LogP contribution is -2.56. The zero-order valence-electron chi connectivity index (χ0n) is 25.6. The molecule has 6 rings (SSSR count). The van der Waals surface area contributed by atoms with Crippen molar-refractivity contribution in [3.05, 3.63) is 76.5 Å². The topological polar surface area (TPSA) is 78.6 Å². The van der Waals surface area contributed by atoms with E-state index in [0.29, 0.717) is 64.4 Å². The van der Waals surface area contributed by atoms with Gasteiger partial charge in [0.05, 0.1) is 37.1 Å². The minimum absolute atomic E-state index is 0.105. The molecule has 0 unspecified atom stereocenters. The molecule has 10 nitrogen and oxygen atoms in total. The number of likely N-dealkylation sites (N-methyl/N-ethyl adjacent to an activating group) is 1. The molecule has 3 aliphatic rings. The number of fused-ring (bicyclic) bond motifs is 2. The van der Waals surface area contributed by atoms with Crippen LogP contribution in [0.4, 0.5) is 15.9 Å². The summed E-state index contributed by atoms with van der Waals surface area (Å²) in [5.41, 5.74) is 2.68. The molecule has 0 N–H and O–H groups in total. The largest absolute Gasteiger partial charge is 0.463 e. The van der Waals surface area contributed by atoms with Crippen molar-refractivity contribution in [1.29, 1.82) is 0 Å². The zero-order chi connectivity index (χ0) is 31.7. The van der Waals surface area contributed by atoms with E-state index in [2.05, 4.69) is 26.1 Å². The number of anilines is 2. The van der Waals surface area contributed by atoms with Crippen molar-refractivity contribution >= 4 is 39.8 Å². The van der Waals surface area contributed by atoms with Crippen LogP contribution in [0.5, 0.6) is 6.01 Å². The molecule has 3 atom stereocenters. The van der Waals surface area contributed by atoms with Gasteiger partial charge in [-0.1, -0.05) is 36.4 Å². The molecule has 1 amide bonds. The molecule has 0 bridgehead atoms. The minimum atomic E-state index is -0.454. The average molecular weight is 634 g/mol. The van der Waals surface area contributed by atoms with E-state index in [0.717, 1.165) is 28.1 Å². The normalized spacial score (nSPS) is 21.6. The van der Waals surface area contributed by atoms with E-state index in [1.54, 1.807) is 11.0 Å². The highest BCUT2D eigenvalue weighted by Gasteiger charge is 2.36. The lowest BCUT2D eigenvalue weighted by atomic mass is 10.0. The second-order valence-corrected chi connectivity index (χ2v) is 12.4. The molecule has 2 saturated heterocycles. The molecule has 0 aliphatic carbocycles. The van der Waals surface area contributed by atoms with Crippen molar-refractivity contribution in [2.24, 2.45) is 5.92 Å². The molecular weight excluding hydrogens is 597 g/mol. The highest BCUT2D eigenvalue weighted by atomic mass is 35.5. The van der Waals surface area contributed by atoms with E-state index in [1.165, 1.54) is 12.1 Å². The lowest BCUT2D eigenvalue weighted by molar-refractivity contribution is -0.128. The molecule has 3 aliphatic heterocycles. The Morgan fingerprint density at radius 1 is 1.22 bits per heavy atom. The summed E-state index contributed by atoms with van der Waals surface area (Å²) < 4.78 is 26.6. The Morgan fingerprint density at radius 2 is 2.07 bits per heavy atom. The van der Waals surface area contributed by atoms with Crippen LogP contribution in [0.25, 0.3) is 15.6 Å². The van der Waals surface area contributed by atoms with Crippen LogP contribution < -0.4 is 14.5 Å². The SMILES string of the molecule is [C-]#[N+]C[C@H]1CN(c2nc(OC[C@H]3COC[C@@H]3N(C)C)nc3c2CCN(c2cccc4ccc(F)c(Cl)c24)C3)CCN1C(=O)C=C. The van der Waals surface area contributed by atoms with Gasteiger partial charge in [0.2, 0.25) is 12.5 Å². The van der Waals surface area contributed by atoms with Crippen molar-refractivity contribution in [2.45, 2.75) is 25.0 Å². The molecule has 2 aromatic carbocycles. The van der Waals surface area contributed by atoms with E-state index < -0.39 is 5.82 Å². The van der Waals surface area contributed by atoms with Crippen molar-refractivity contribution in [3.8, 4) is 6.01 Å². The third-order valence-corrected chi connectivity index (χ3v) is 9.44. The summed E-state index contributed by atoms with van der Waals surface area (Å²) >= 11 is 6.50. The predicted molar refractivity (Wildman–Crippen MR) is 172 cm³/mol. The number of carbonyl (C=O) groups excluding carboxylic acids is 1. The van der Waals surface area contributed by atoms with E-state index in [4.69, 9.17) is 37.6 Å². The van der Waals surface area contributed by atoms with Gasteiger partial charge >= 0.3 is 6.01 Å². The number of rotatable bonds is 8. The van der Waals surface area contributed by atoms with E-state index in [-0.39, 0.29) is 41.5 Å². The van der Waals surface area contributed by atoms with Crippen molar-refractivity contribution in [1.82, 2.24) is 19.8 Å². The monoisotopic (exact) mass is 633 g/mol. The summed E-state index contributed by atoms with van der Waals surface area (Å²) in [4.78, 5) is 34.2. The number of aromatic nitrogens is 2. The van der Waals surface area contributed by atoms with Crippen LogP contribution in [0.3, 0.4) is 0 Å². The molecular formula is C33H37ClFN7O3. The number of ether oxygens (including phenoxy) is 2. The van der Waals surface area contributed by atoms with E-state index >= 15 is 0 Å². The van der Waals surface area contributed by atoms with Gasteiger partial charge < -0.3 is 33.9 Å². The highest BCUT2D eigenvalue weighted by Crippen LogP contribution is 2.38. The Kier molecular flexibility index (Phi) is 9.08. The third kappa shape index (κ3) is 6.15. The van der Waals surface area contributed by atoms with Crippen LogP contribution in [-0.4, -0.2) is 104 Å². The maximum atomic E-state index is 14.6. The number of piperazine rings is 1. The fraction of sp³-hybridized carbons (Fsp3) is 0.455. The molecule has 236 valence electrons. The first kappa shape index (κ1) is 31.0. The quantitative estimate of drug-likeness (QED) is 0.272. The standard InChI is InChI=1S/C33H37ClFN7O3/c1-5-29(43)42-14-13-41(16-23(42)15-36-2)32-24-11-12-40(27-8-6-7-21-9-10-25(35)31(34)30(21)27)17-26(24)37-33(38-32)45-19-22-18-44-20-28(22)39(3)4/h5-10,22-23,28H,1,11-20H2,3-4H3/t22-,23+,28+/m1/s1. The van der Waals surface area contributed by atoms with Crippen molar-refractivity contribution < 1.29 is 18.7 Å². The Morgan fingerprint density at radius 3 is 2.84 bits per heavy atom. The highest BCUT2D eigenvalue weighted by molar-refractivity contribution is 6.36. The summed E-state index contributed by atoms with van der Waals surface area (Å²) in [5.74, 6) is 0.310. The fourth-order valence-corrected chi connectivity index (χ4v) is 6.96. The first-order valence-corrected chi connectivity index (χ1v) is 15.6. The molecule has 4 heterocycles. The summed E-state index contributed by atoms with van der Waals surface area (Å²) in [6.45, 7) is 15.6. The first-order chi connectivity index (χ1) is 21.8. The average Bonchev–Trinajstić information content (AvgIpc) is 3.53. The smallest absolute Gasteiger partial charge is 0.318 e. The Balaban J connectivity index is 1.35. The summed E-state index contributed by atoms with van der Waals surface area (Å²) in [5, 5.41) is 1.65. The number of nitrogens with zero attached hydrogens (tertiary/aromatic N) is 7. The zero-order valence-corrected chi connectivity index (χ0v) is 26.3. The van der Waals surface area contributed by atoms with Gasteiger partial charge in [-0.2, -0.15) is 9.97 Å². The van der Waals surface area contributed by atoms with Gasteiger partial charge in [-0.05, 0) is 44.1 Å². The fourth-order valence-electron chi connectivity index (χ4n) is 6.69. The number of benzene rings is 2. The Labute approximate surface area is 267 Å². The Hall–Kier alpha value is -3.98. The minimum Gasteiger partial charge on any atom is -0.463 e. The van der Waals surface area contributed by atoms with Gasteiger partial charge in [-0.15, -0.1) is 0 Å². The first-order valence-electron chi connectivity index (χ1n) is 15.2. The van der Waals surface area contributed by atoms with Crippen molar-refractivity contribution in [3.63, 3.8) is 0 Å². The number of amides is 1. The molecule has 1 aromatic heterocycles. The Bertz CT molecular complexity index is 1650. The summed E-state index contributed by atoms with van der Waals surface area (Å²) in [7, 11) is 4.08. The molecule has 0 spiro atoms. The number of hydrogen-bond donors (Lipinski definition) is 0. The van der Waals surface area contributed by atoms with Gasteiger partial charge in [0.1, 0.15) is 17.7 Å². The van der Waals surface area contributed by atoms with Crippen LogP contribution in [0.15, 0.2) is 43.0 Å². The van der Waals surface area contributed by atoms with Gasteiger partial charge in [-0.3, -0.25) is 4.79 Å². The molecule has 3 aromatic rings. The van der Waals surface area contributed by atoms with Gasteiger partial charge in [-0.25, -0.2) is 11.0 Å². The third-order valence-electron chi connectivity index (χ3n) is 9.07. The van der Waals surface area contributed by atoms with Crippen LogP contribution in [-0.2, 0) is 22.5 Å². The molecule has 12 heteroatoms. The summed E-state index contributed by atoms with van der Waals surface area (Å²) in [6, 6.07) is 9.21. The van der Waals surface area contributed by atoms with Crippen LogP contribution in [0, 0.1) is 18.3 Å². The van der Waals surface area contributed by atoms with Gasteiger partial charge in [0.25, 0.3) is 0 Å². The van der Waals surface area contributed by atoms with E-state index in [9.17, 15) is 9.18 Å². The van der Waals surface area contributed by atoms with Crippen molar-refractivity contribution in [2.75, 3.05) is 76.4 Å². The lowest BCUT2D eigenvalue weighted by Gasteiger charge is -2.41. The van der Waals surface area contributed by atoms with Crippen LogP contribution >= 0.6 is 11.6 Å². The number of hydrogen-bond acceptors (Lipinski definition) is 8. The molecule has 45 heavy (non-hydrogen) atoms. The number of carbonyl (C=O) groups is 1. The molecule has 0 saturated carbocycles. The second kappa shape index (κ2) is 13.2. The van der Waals surface area contributed by atoms with Crippen LogP contribution in [0.2, 0.25) is 5.02 Å². The van der Waals surface area contributed by atoms with Gasteiger partial charge in [0, 0.05) is 54.8 Å². The maximum absolute atomic E-state index is 14.6. The van der Waals surface area contributed by atoms with E-state index in [1.807, 2.05) is 32.3 Å². The molecule has 2 fully saturated rings. The number of halogens is 2. The summed E-state index contributed by atoms with van der Waals surface area (Å²) in [6.07, 6.45) is 1.95. The van der Waals surface area contributed by atoms with Gasteiger partial charge in [0.15, 0.2) is 0 Å². The maximum Gasteiger partial charge on any atom is 0.318 e. The van der Waals surface area contributed by atoms with Crippen LogP contribution in [0.1, 0.15) is 11.3 Å². The molecule has 0 radical (unpaired) electrons. The predicted octanol–water partition coefficient (Wildman–Crippen LogP) is 4.06.